The highest BCUT2D eigenvalue weighted by Crippen LogP contribution is 2.24. The third-order valence-electron chi connectivity index (χ3n) is 2.36. The average Bonchev–Trinajstić information content (AvgIpc) is 2.82. The number of rotatable bonds is 4. The number of methoxy groups -OCH3 is 2. The van der Waals surface area contributed by atoms with Crippen LogP contribution < -0.4 is 9.47 Å². The molecule has 0 atom stereocenters. The Kier molecular flexibility index (Phi) is 3.94. The molecule has 0 radical (unpaired) electrons. The van der Waals surface area contributed by atoms with Gasteiger partial charge in [-0.1, -0.05) is 0 Å². The second kappa shape index (κ2) is 5.64. The largest absolute Gasteiger partial charge is 0.497 e. The molecular formula is C13H14N2O2S. The number of aromatic nitrogens is 1. The summed E-state index contributed by atoms with van der Waals surface area (Å²) < 4.78 is 10.4. The SMILES string of the molecule is COc1ccc(/C=N/c2nc(C)cs2)c(OC)c1. The molecule has 94 valence electrons. The van der Waals surface area contributed by atoms with Gasteiger partial charge in [-0.05, 0) is 19.1 Å². The summed E-state index contributed by atoms with van der Waals surface area (Å²) >= 11 is 1.52. The molecule has 2 rings (SSSR count). The molecule has 18 heavy (non-hydrogen) atoms. The molecule has 0 aliphatic rings. The Bertz CT molecular complexity index is 564. The maximum atomic E-state index is 5.29. The highest BCUT2D eigenvalue weighted by molar-refractivity contribution is 7.13. The summed E-state index contributed by atoms with van der Waals surface area (Å²) in [7, 11) is 3.25. The fourth-order valence-corrected chi connectivity index (χ4v) is 2.09. The molecule has 0 spiro atoms. The summed E-state index contributed by atoms with van der Waals surface area (Å²) in [6.07, 6.45) is 1.75. The summed E-state index contributed by atoms with van der Waals surface area (Å²) in [4.78, 5) is 8.59. The van der Waals surface area contributed by atoms with E-state index < -0.39 is 0 Å². The van der Waals surface area contributed by atoms with E-state index in [1.165, 1.54) is 11.3 Å². The third kappa shape index (κ3) is 2.87. The standard InChI is InChI=1S/C13H14N2O2S/c1-9-8-18-13(15-9)14-7-10-4-5-11(16-2)6-12(10)17-3/h4-8H,1-3H3/b14-7+. The Balaban J connectivity index is 2.25. The first-order valence-corrected chi connectivity index (χ1v) is 6.29. The lowest BCUT2D eigenvalue weighted by Gasteiger charge is -2.06. The Morgan fingerprint density at radius 1 is 1.28 bits per heavy atom. The van der Waals surface area contributed by atoms with Gasteiger partial charge in [0.15, 0.2) is 0 Å². The predicted octanol–water partition coefficient (Wildman–Crippen LogP) is 3.22. The van der Waals surface area contributed by atoms with Crippen LogP contribution in [0.1, 0.15) is 11.3 Å². The zero-order valence-corrected chi connectivity index (χ0v) is 11.3. The van der Waals surface area contributed by atoms with Crippen LogP contribution in [0.4, 0.5) is 5.13 Å². The van der Waals surface area contributed by atoms with Gasteiger partial charge in [0.1, 0.15) is 11.5 Å². The van der Waals surface area contributed by atoms with Gasteiger partial charge >= 0.3 is 0 Å². The van der Waals surface area contributed by atoms with Gasteiger partial charge in [0.05, 0.1) is 19.9 Å². The van der Waals surface area contributed by atoms with Gasteiger partial charge in [-0.15, -0.1) is 11.3 Å². The summed E-state index contributed by atoms with van der Waals surface area (Å²) in [6.45, 7) is 1.95. The number of benzene rings is 1. The molecule has 0 saturated heterocycles. The van der Waals surface area contributed by atoms with Gasteiger partial charge in [0.2, 0.25) is 5.13 Å². The minimum absolute atomic E-state index is 0.728. The van der Waals surface area contributed by atoms with Crippen molar-refractivity contribution in [2.45, 2.75) is 6.92 Å². The molecular weight excluding hydrogens is 248 g/mol. The molecule has 0 aliphatic heterocycles. The topological polar surface area (TPSA) is 43.7 Å². The molecule has 0 fully saturated rings. The second-order valence-corrected chi connectivity index (χ2v) is 4.47. The van der Waals surface area contributed by atoms with Crippen molar-refractivity contribution in [3.63, 3.8) is 0 Å². The van der Waals surface area contributed by atoms with E-state index in [9.17, 15) is 0 Å². The van der Waals surface area contributed by atoms with E-state index in [-0.39, 0.29) is 0 Å². The van der Waals surface area contributed by atoms with Crippen LogP contribution in [-0.2, 0) is 0 Å². The van der Waals surface area contributed by atoms with E-state index in [0.29, 0.717) is 0 Å². The van der Waals surface area contributed by atoms with E-state index in [2.05, 4.69) is 9.98 Å². The van der Waals surface area contributed by atoms with E-state index in [1.807, 2.05) is 30.5 Å². The maximum absolute atomic E-state index is 5.29. The van der Waals surface area contributed by atoms with Gasteiger partial charge < -0.3 is 9.47 Å². The van der Waals surface area contributed by atoms with E-state index in [1.54, 1.807) is 20.4 Å². The molecule has 0 saturated carbocycles. The Labute approximate surface area is 110 Å². The van der Waals surface area contributed by atoms with E-state index in [0.717, 1.165) is 27.9 Å². The summed E-state index contributed by atoms with van der Waals surface area (Å²) in [6, 6.07) is 5.60. The zero-order chi connectivity index (χ0) is 13.0. The number of hydrogen-bond acceptors (Lipinski definition) is 5. The minimum atomic E-state index is 0.728. The number of hydrogen-bond donors (Lipinski definition) is 0. The summed E-state index contributed by atoms with van der Waals surface area (Å²) in [5, 5.41) is 2.71. The maximum Gasteiger partial charge on any atom is 0.209 e. The van der Waals surface area contributed by atoms with Gasteiger partial charge in [0.25, 0.3) is 0 Å². The third-order valence-corrected chi connectivity index (χ3v) is 3.23. The van der Waals surface area contributed by atoms with Crippen molar-refractivity contribution < 1.29 is 9.47 Å². The zero-order valence-electron chi connectivity index (χ0n) is 10.5. The lowest BCUT2D eigenvalue weighted by atomic mass is 10.2. The van der Waals surface area contributed by atoms with Crippen LogP contribution in [0.2, 0.25) is 0 Å². The molecule has 0 N–H and O–H groups in total. The van der Waals surface area contributed by atoms with Crippen LogP contribution in [0.5, 0.6) is 11.5 Å². The van der Waals surface area contributed by atoms with Crippen LogP contribution in [0, 0.1) is 6.92 Å². The molecule has 2 aromatic rings. The van der Waals surface area contributed by atoms with Crippen molar-refractivity contribution in [3.05, 3.63) is 34.8 Å². The molecule has 0 aliphatic carbocycles. The first kappa shape index (κ1) is 12.6. The van der Waals surface area contributed by atoms with Crippen LogP contribution in [0.15, 0.2) is 28.6 Å². The van der Waals surface area contributed by atoms with Crippen molar-refractivity contribution in [3.8, 4) is 11.5 Å². The Hall–Kier alpha value is -1.88. The lowest BCUT2D eigenvalue weighted by Crippen LogP contribution is -1.92. The number of aliphatic imine (C=N–C) groups is 1. The van der Waals surface area contributed by atoms with Crippen LogP contribution in [-0.4, -0.2) is 25.4 Å². The van der Waals surface area contributed by atoms with Crippen molar-refractivity contribution in [1.82, 2.24) is 4.98 Å². The fourth-order valence-electron chi connectivity index (χ4n) is 1.45. The molecule has 1 heterocycles. The average molecular weight is 262 g/mol. The highest BCUT2D eigenvalue weighted by Gasteiger charge is 2.03. The monoisotopic (exact) mass is 262 g/mol. The normalized spacial score (nSPS) is 10.8. The van der Waals surface area contributed by atoms with E-state index >= 15 is 0 Å². The predicted molar refractivity (Wildman–Crippen MR) is 73.7 cm³/mol. The number of thiazole rings is 1. The fraction of sp³-hybridized carbons (Fsp3) is 0.231. The molecule has 5 heteroatoms. The highest BCUT2D eigenvalue weighted by atomic mass is 32.1. The van der Waals surface area contributed by atoms with Crippen LogP contribution in [0.25, 0.3) is 0 Å². The van der Waals surface area contributed by atoms with Crippen LogP contribution in [0.3, 0.4) is 0 Å². The first-order valence-electron chi connectivity index (χ1n) is 5.41. The van der Waals surface area contributed by atoms with Gasteiger partial charge in [-0.25, -0.2) is 9.98 Å². The van der Waals surface area contributed by atoms with Crippen molar-refractivity contribution in [2.24, 2.45) is 4.99 Å². The molecule has 1 aromatic carbocycles. The van der Waals surface area contributed by atoms with Gasteiger partial charge in [-0.3, -0.25) is 0 Å². The molecule has 0 unspecified atom stereocenters. The molecule has 0 amide bonds. The molecule has 0 bridgehead atoms. The quantitative estimate of drug-likeness (QED) is 0.795. The number of ether oxygens (including phenoxy) is 2. The smallest absolute Gasteiger partial charge is 0.209 e. The Morgan fingerprint density at radius 3 is 2.72 bits per heavy atom. The number of nitrogens with zero attached hydrogens (tertiary/aromatic N) is 2. The number of aryl methyl sites for hydroxylation is 1. The summed E-state index contributed by atoms with van der Waals surface area (Å²) in [5.74, 6) is 1.49. The second-order valence-electron chi connectivity index (χ2n) is 3.64. The van der Waals surface area contributed by atoms with E-state index in [4.69, 9.17) is 9.47 Å². The molecule has 4 nitrogen and oxygen atoms in total. The van der Waals surface area contributed by atoms with Crippen molar-refractivity contribution in [1.29, 1.82) is 0 Å². The van der Waals surface area contributed by atoms with Crippen molar-refractivity contribution in [2.75, 3.05) is 14.2 Å². The van der Waals surface area contributed by atoms with Gasteiger partial charge in [-0.2, -0.15) is 0 Å². The minimum Gasteiger partial charge on any atom is -0.497 e. The first-order chi connectivity index (χ1) is 8.72. The lowest BCUT2D eigenvalue weighted by molar-refractivity contribution is 0.394. The summed E-state index contributed by atoms with van der Waals surface area (Å²) in [5.41, 5.74) is 1.87. The Morgan fingerprint density at radius 2 is 2.11 bits per heavy atom. The van der Waals surface area contributed by atoms with Crippen LogP contribution >= 0.6 is 11.3 Å². The van der Waals surface area contributed by atoms with Crippen molar-refractivity contribution >= 4 is 22.7 Å². The molecule has 1 aromatic heterocycles. The van der Waals surface area contributed by atoms with Gasteiger partial charge in [0, 0.05) is 23.2 Å².